The monoisotopic (exact) mass is 395 g/mol. The summed E-state index contributed by atoms with van der Waals surface area (Å²) in [5, 5.41) is 9.97. The number of carbonyl (C=O) groups excluding carboxylic acids is 1. The highest BCUT2D eigenvalue weighted by Crippen LogP contribution is 2.35. The maximum Gasteiger partial charge on any atom is 0.341 e. The summed E-state index contributed by atoms with van der Waals surface area (Å²) in [5.74, 6) is -1.10. The van der Waals surface area contributed by atoms with Gasteiger partial charge in [-0.05, 0) is 25.1 Å². The lowest BCUT2D eigenvalue weighted by molar-refractivity contribution is 0.0523. The molecule has 0 amide bonds. The minimum Gasteiger partial charge on any atom is -0.507 e. The molecular weight excluding hydrogens is 385 g/mol. The number of halogens is 2. The van der Waals surface area contributed by atoms with Crippen LogP contribution in [-0.4, -0.2) is 26.1 Å². The van der Waals surface area contributed by atoms with E-state index in [1.54, 1.807) is 6.92 Å². The molecule has 0 aliphatic carbocycles. The van der Waals surface area contributed by atoms with Crippen LogP contribution in [0.4, 0.5) is 5.69 Å². The topological polar surface area (TPSA) is 92.7 Å². The molecule has 124 valence electrons. The second kappa shape index (κ2) is 6.96. The van der Waals surface area contributed by atoms with Gasteiger partial charge in [0.1, 0.15) is 19.9 Å². The highest BCUT2D eigenvalue weighted by Gasteiger charge is 2.20. The molecule has 23 heavy (non-hydrogen) atoms. The molecule has 0 saturated carbocycles. The molecular formula is C13H11Cl2NO5S2. The smallest absolute Gasteiger partial charge is 0.341 e. The van der Waals surface area contributed by atoms with Gasteiger partial charge in [0.25, 0.3) is 10.0 Å². The van der Waals surface area contributed by atoms with Gasteiger partial charge in [0.2, 0.25) is 0 Å². The molecule has 0 spiro atoms. The van der Waals surface area contributed by atoms with E-state index in [2.05, 4.69) is 4.72 Å². The number of nitrogens with one attached hydrogen (secondary N) is 1. The van der Waals surface area contributed by atoms with Crippen molar-refractivity contribution in [2.24, 2.45) is 0 Å². The Morgan fingerprint density at radius 1 is 1.35 bits per heavy atom. The lowest BCUT2D eigenvalue weighted by Crippen LogP contribution is -2.12. The molecule has 0 bridgehead atoms. The molecule has 0 saturated heterocycles. The number of sulfonamides is 1. The number of hydrogen-bond acceptors (Lipinski definition) is 6. The molecule has 10 heteroatoms. The van der Waals surface area contributed by atoms with Gasteiger partial charge >= 0.3 is 5.97 Å². The molecule has 0 unspecified atom stereocenters. The van der Waals surface area contributed by atoms with E-state index >= 15 is 0 Å². The van der Waals surface area contributed by atoms with Crippen LogP contribution in [0, 0.1) is 0 Å². The van der Waals surface area contributed by atoms with Gasteiger partial charge in [-0.2, -0.15) is 0 Å². The molecule has 0 radical (unpaired) electrons. The average molecular weight is 396 g/mol. The highest BCUT2D eigenvalue weighted by atomic mass is 35.5. The summed E-state index contributed by atoms with van der Waals surface area (Å²) >= 11 is 12.3. The maximum absolute atomic E-state index is 12.2. The number of thiophene rings is 1. The van der Waals surface area contributed by atoms with Gasteiger partial charge in [-0.25, -0.2) is 13.2 Å². The van der Waals surface area contributed by atoms with E-state index in [1.165, 1.54) is 18.2 Å². The first kappa shape index (κ1) is 17.9. The Balaban J connectivity index is 2.26. The van der Waals surface area contributed by atoms with Gasteiger partial charge in [0, 0.05) is 6.07 Å². The normalized spacial score (nSPS) is 11.3. The summed E-state index contributed by atoms with van der Waals surface area (Å²) < 4.78 is 31.5. The first-order chi connectivity index (χ1) is 10.7. The van der Waals surface area contributed by atoms with Crippen LogP contribution in [0.3, 0.4) is 0 Å². The van der Waals surface area contributed by atoms with Gasteiger partial charge in [0.05, 0.1) is 17.3 Å². The van der Waals surface area contributed by atoms with E-state index in [1.807, 2.05) is 0 Å². The van der Waals surface area contributed by atoms with Gasteiger partial charge in [-0.15, -0.1) is 11.3 Å². The number of aromatic hydroxyl groups is 1. The number of hydrogen-bond donors (Lipinski definition) is 2. The minimum absolute atomic E-state index is 0.0583. The number of carbonyl (C=O) groups is 1. The van der Waals surface area contributed by atoms with Crippen LogP contribution in [0.2, 0.25) is 9.36 Å². The largest absolute Gasteiger partial charge is 0.507 e. The summed E-state index contributed by atoms with van der Waals surface area (Å²) in [4.78, 5) is 11.6. The third kappa shape index (κ3) is 4.08. The van der Waals surface area contributed by atoms with Gasteiger partial charge in [-0.3, -0.25) is 4.72 Å². The number of phenolic OH excluding ortho intramolecular Hbond substituents is 1. The Kier molecular flexibility index (Phi) is 5.41. The fourth-order valence-corrected chi connectivity index (χ4v) is 4.57. The van der Waals surface area contributed by atoms with E-state index in [0.29, 0.717) is 0 Å². The summed E-state index contributed by atoms with van der Waals surface area (Å²) in [7, 11) is -3.90. The Morgan fingerprint density at radius 3 is 2.57 bits per heavy atom. The maximum atomic E-state index is 12.2. The van der Waals surface area contributed by atoms with Crippen LogP contribution in [-0.2, 0) is 14.8 Å². The number of anilines is 1. The summed E-state index contributed by atoms with van der Waals surface area (Å²) in [5.41, 5.74) is 0.0215. The molecule has 1 aromatic carbocycles. The van der Waals surface area contributed by atoms with E-state index in [0.717, 1.165) is 17.4 Å². The molecule has 1 aromatic heterocycles. The third-order valence-electron chi connectivity index (χ3n) is 2.63. The molecule has 2 N–H and O–H groups in total. The van der Waals surface area contributed by atoms with Gasteiger partial charge < -0.3 is 9.84 Å². The SMILES string of the molecule is CCOC(=O)c1ccc(NS(=O)(=O)c2cc(Cl)c(Cl)s2)cc1O. The fraction of sp³-hybridized carbons (Fsp3) is 0.154. The van der Waals surface area contributed by atoms with Crippen molar-refractivity contribution in [1.29, 1.82) is 0 Å². The Labute approximate surface area is 146 Å². The molecule has 0 aliphatic heterocycles. The van der Waals surface area contributed by atoms with Crippen molar-refractivity contribution in [3.8, 4) is 5.75 Å². The van der Waals surface area contributed by atoms with E-state index in [9.17, 15) is 18.3 Å². The van der Waals surface area contributed by atoms with Crippen molar-refractivity contribution in [3.05, 3.63) is 39.2 Å². The fourth-order valence-electron chi connectivity index (χ4n) is 1.64. The van der Waals surface area contributed by atoms with Crippen LogP contribution in [0.1, 0.15) is 17.3 Å². The van der Waals surface area contributed by atoms with Crippen LogP contribution in [0.25, 0.3) is 0 Å². The van der Waals surface area contributed by atoms with E-state index in [-0.39, 0.29) is 31.4 Å². The molecule has 1 heterocycles. The zero-order chi connectivity index (χ0) is 17.2. The van der Waals surface area contributed by atoms with Crippen LogP contribution in [0.15, 0.2) is 28.5 Å². The molecule has 6 nitrogen and oxygen atoms in total. The second-order valence-electron chi connectivity index (χ2n) is 4.24. The van der Waals surface area contributed by atoms with Crippen molar-refractivity contribution in [2.45, 2.75) is 11.1 Å². The van der Waals surface area contributed by atoms with Gasteiger partial charge in [0.15, 0.2) is 0 Å². The van der Waals surface area contributed by atoms with Crippen molar-refractivity contribution in [2.75, 3.05) is 11.3 Å². The molecule has 2 rings (SSSR count). The lowest BCUT2D eigenvalue weighted by atomic mass is 10.2. The molecule has 0 fully saturated rings. The van der Waals surface area contributed by atoms with Crippen molar-refractivity contribution < 1.29 is 23.1 Å². The van der Waals surface area contributed by atoms with Crippen molar-refractivity contribution in [1.82, 2.24) is 0 Å². The first-order valence-electron chi connectivity index (χ1n) is 6.22. The predicted octanol–water partition coefficient (Wildman–Crippen LogP) is 3.74. The van der Waals surface area contributed by atoms with Crippen LogP contribution >= 0.6 is 34.5 Å². The Morgan fingerprint density at radius 2 is 2.04 bits per heavy atom. The number of ether oxygens (including phenoxy) is 1. The predicted molar refractivity (Wildman–Crippen MR) is 89.2 cm³/mol. The van der Waals surface area contributed by atoms with Crippen LogP contribution < -0.4 is 4.72 Å². The highest BCUT2D eigenvalue weighted by molar-refractivity contribution is 7.94. The summed E-state index contributed by atoms with van der Waals surface area (Å²) in [6.45, 7) is 1.79. The lowest BCUT2D eigenvalue weighted by Gasteiger charge is -2.09. The number of benzene rings is 1. The Hall–Kier alpha value is -1.48. The molecule has 0 aliphatic rings. The number of rotatable bonds is 5. The van der Waals surface area contributed by atoms with E-state index in [4.69, 9.17) is 27.9 Å². The average Bonchev–Trinajstić information content (AvgIpc) is 2.79. The number of esters is 1. The second-order valence-corrected chi connectivity index (χ2v) is 8.22. The standard InChI is InChI=1S/C13H11Cl2NO5S2/c1-2-21-13(18)8-4-3-7(5-10(8)17)16-23(19,20)11-6-9(14)12(15)22-11/h3-6,16-17H,2H2,1H3. The quantitative estimate of drug-likeness (QED) is 0.752. The summed E-state index contributed by atoms with van der Waals surface area (Å²) in [6, 6.07) is 4.93. The van der Waals surface area contributed by atoms with Crippen LogP contribution in [0.5, 0.6) is 5.75 Å². The third-order valence-corrected chi connectivity index (χ3v) is 6.35. The van der Waals surface area contributed by atoms with Crippen molar-refractivity contribution in [3.63, 3.8) is 0 Å². The molecule has 2 aromatic rings. The zero-order valence-electron chi connectivity index (χ0n) is 11.7. The Bertz CT molecular complexity index is 829. The summed E-state index contributed by atoms with van der Waals surface area (Å²) in [6.07, 6.45) is 0. The number of phenols is 1. The first-order valence-corrected chi connectivity index (χ1v) is 9.28. The van der Waals surface area contributed by atoms with E-state index < -0.39 is 21.7 Å². The molecule has 0 atom stereocenters. The van der Waals surface area contributed by atoms with Gasteiger partial charge in [-0.1, -0.05) is 23.2 Å². The zero-order valence-corrected chi connectivity index (χ0v) is 14.8. The van der Waals surface area contributed by atoms with Crippen molar-refractivity contribution >= 4 is 56.2 Å². The minimum atomic E-state index is -3.90.